The van der Waals surface area contributed by atoms with E-state index in [-0.39, 0.29) is 52.7 Å². The van der Waals surface area contributed by atoms with E-state index in [4.69, 9.17) is 21.3 Å². The lowest BCUT2D eigenvalue weighted by atomic mass is 10.1. The highest BCUT2D eigenvalue weighted by atomic mass is 35.5. The van der Waals surface area contributed by atoms with Crippen LogP contribution in [0, 0.1) is 11.7 Å². The van der Waals surface area contributed by atoms with Crippen LogP contribution in [0.1, 0.15) is 77.4 Å². The molecule has 41 heavy (non-hydrogen) atoms. The number of ether oxygens (including phenoxy) is 1. The van der Waals surface area contributed by atoms with Gasteiger partial charge in [0, 0.05) is 30.9 Å². The van der Waals surface area contributed by atoms with Crippen molar-refractivity contribution in [2.75, 3.05) is 6.61 Å². The summed E-state index contributed by atoms with van der Waals surface area (Å²) in [5.41, 5.74) is 4.90. The molecule has 0 N–H and O–H groups in total. The lowest BCUT2D eigenvalue weighted by Crippen LogP contribution is -2.07. The van der Waals surface area contributed by atoms with Crippen molar-refractivity contribution >= 4 is 34.5 Å². The van der Waals surface area contributed by atoms with Gasteiger partial charge in [0.05, 0.1) is 48.0 Å². The molecule has 0 spiro atoms. The first kappa shape index (κ1) is 25.8. The zero-order valence-electron chi connectivity index (χ0n) is 22.3. The van der Waals surface area contributed by atoms with Crippen LogP contribution in [0.2, 0.25) is 5.02 Å². The minimum Gasteiger partial charge on any atom is -0.466 e. The van der Waals surface area contributed by atoms with Gasteiger partial charge in [-0.2, -0.15) is 0 Å². The Hall–Kier alpha value is -4.12. The van der Waals surface area contributed by atoms with Crippen LogP contribution < -0.4 is 0 Å². The molecule has 5 aromatic heterocycles. The lowest BCUT2D eigenvalue weighted by molar-refractivity contribution is -0.144. The number of fused-ring (bicyclic) bond motifs is 2. The highest BCUT2D eigenvalue weighted by Crippen LogP contribution is 2.51. The number of aryl methyl sites for hydroxylation is 1. The maximum Gasteiger partial charge on any atom is 0.309 e. The van der Waals surface area contributed by atoms with Crippen LogP contribution in [-0.2, 0) is 22.5 Å². The normalized spacial score (nSPS) is 18.3. The minimum absolute atomic E-state index is 0.00676. The van der Waals surface area contributed by atoms with E-state index in [2.05, 4.69) is 27.6 Å². The third-order valence-electron chi connectivity index (χ3n) is 7.88. The minimum atomic E-state index is -0.557. The predicted octanol–water partition coefficient (Wildman–Crippen LogP) is 4.77. The number of ketones is 1. The number of imidazole rings is 2. The molecule has 5 aromatic rings. The number of halogens is 2. The van der Waals surface area contributed by atoms with E-state index < -0.39 is 5.82 Å². The van der Waals surface area contributed by atoms with Gasteiger partial charge in [0.2, 0.25) is 0 Å². The first-order chi connectivity index (χ1) is 19.9. The van der Waals surface area contributed by atoms with Crippen molar-refractivity contribution in [2.24, 2.45) is 5.92 Å². The van der Waals surface area contributed by atoms with Gasteiger partial charge in [-0.1, -0.05) is 22.9 Å². The molecule has 2 aliphatic carbocycles. The Morgan fingerprint density at radius 3 is 2.85 bits per heavy atom. The summed E-state index contributed by atoms with van der Waals surface area (Å²) in [6.45, 7) is 2.54. The molecule has 2 atom stereocenters. The fraction of sp³-hybridized carbons (Fsp3) is 0.379. The molecule has 2 unspecified atom stereocenters. The van der Waals surface area contributed by atoms with Crippen LogP contribution in [0.3, 0.4) is 0 Å². The summed E-state index contributed by atoms with van der Waals surface area (Å²) in [6.07, 6.45) is 12.3. The van der Waals surface area contributed by atoms with E-state index in [0.29, 0.717) is 24.8 Å². The van der Waals surface area contributed by atoms with Gasteiger partial charge < -0.3 is 13.5 Å². The van der Waals surface area contributed by atoms with Crippen LogP contribution in [0.5, 0.6) is 0 Å². The maximum atomic E-state index is 14.5. The standard InChI is InChI=1S/C29H27ClFN7O3/c1-2-41-29(40)21-10-19(21)20-9-17(16-3-4-16)11-37-12-18(33-28(20)37)13-38-14-24(34-35-38)25(39)6-5-23-27-26(31)22(30)7-8-36(27)15-32-23/h7-9,11-12,14-16,19,21H,2-6,10,13H2,1H3. The molecule has 12 heteroatoms. The molecule has 2 fully saturated rings. The third kappa shape index (κ3) is 4.88. The number of aromatic nitrogens is 7. The molecule has 0 aliphatic heterocycles. The fourth-order valence-electron chi connectivity index (χ4n) is 5.53. The SMILES string of the molecule is CCOC(=O)C1CC1c1cc(C2CC2)cn2cc(Cn3cc(C(=O)CCc4ncn5ccc(Cl)c(F)c45)nn3)nc12. The van der Waals surface area contributed by atoms with Crippen LogP contribution in [0.15, 0.2) is 43.2 Å². The van der Waals surface area contributed by atoms with E-state index in [1.165, 1.54) is 30.8 Å². The third-order valence-corrected chi connectivity index (χ3v) is 8.18. The first-order valence-electron chi connectivity index (χ1n) is 13.8. The monoisotopic (exact) mass is 575 g/mol. The molecule has 0 radical (unpaired) electrons. The summed E-state index contributed by atoms with van der Waals surface area (Å²) < 4.78 is 24.9. The van der Waals surface area contributed by atoms with Crippen LogP contribution in [0.4, 0.5) is 4.39 Å². The van der Waals surface area contributed by atoms with Gasteiger partial charge in [-0.3, -0.25) is 9.59 Å². The molecule has 2 aliphatic rings. The summed E-state index contributed by atoms with van der Waals surface area (Å²) >= 11 is 5.92. The zero-order chi connectivity index (χ0) is 28.2. The Balaban J connectivity index is 1.07. The molecule has 10 nitrogen and oxygen atoms in total. The van der Waals surface area contributed by atoms with Gasteiger partial charge in [-0.05, 0) is 55.7 Å². The van der Waals surface area contributed by atoms with E-state index in [0.717, 1.165) is 23.3 Å². The zero-order valence-corrected chi connectivity index (χ0v) is 23.1. The highest BCUT2D eigenvalue weighted by Gasteiger charge is 2.46. The number of pyridine rings is 2. The summed E-state index contributed by atoms with van der Waals surface area (Å²) in [4.78, 5) is 34.3. The molecular formula is C29H27ClFN7O3. The van der Waals surface area contributed by atoms with Crippen LogP contribution in [-0.4, -0.2) is 52.1 Å². The summed E-state index contributed by atoms with van der Waals surface area (Å²) in [5, 5.41) is 8.21. The Morgan fingerprint density at radius 2 is 2.05 bits per heavy atom. The molecular weight excluding hydrogens is 549 g/mol. The average Bonchev–Trinajstić information content (AvgIpc) is 3.83. The Labute approximate surface area is 239 Å². The second-order valence-corrected chi connectivity index (χ2v) is 11.2. The van der Waals surface area contributed by atoms with Crippen LogP contribution >= 0.6 is 11.6 Å². The number of carbonyl (C=O) groups excluding carboxylic acids is 2. The average molecular weight is 576 g/mol. The van der Waals surface area contributed by atoms with Crippen molar-refractivity contribution in [3.8, 4) is 0 Å². The van der Waals surface area contributed by atoms with E-state index >= 15 is 0 Å². The van der Waals surface area contributed by atoms with Gasteiger partial charge in [0.15, 0.2) is 11.6 Å². The molecule has 0 amide bonds. The quantitative estimate of drug-likeness (QED) is 0.174. The second kappa shape index (κ2) is 10.1. The smallest absolute Gasteiger partial charge is 0.309 e. The number of hydrogen-bond acceptors (Lipinski definition) is 7. The maximum absolute atomic E-state index is 14.5. The second-order valence-electron chi connectivity index (χ2n) is 10.8. The number of hydrogen-bond donors (Lipinski definition) is 0. The summed E-state index contributed by atoms with van der Waals surface area (Å²) in [7, 11) is 0. The van der Waals surface area contributed by atoms with Crippen molar-refractivity contribution in [1.29, 1.82) is 0 Å². The Kier molecular flexibility index (Phi) is 6.33. The number of rotatable bonds is 10. The summed E-state index contributed by atoms with van der Waals surface area (Å²) in [6, 6.07) is 3.67. The van der Waals surface area contributed by atoms with Gasteiger partial charge in [0.1, 0.15) is 16.9 Å². The van der Waals surface area contributed by atoms with Crippen molar-refractivity contribution < 1.29 is 18.7 Å². The largest absolute Gasteiger partial charge is 0.466 e. The molecule has 5 heterocycles. The Morgan fingerprint density at radius 1 is 1.20 bits per heavy atom. The molecule has 7 rings (SSSR count). The fourth-order valence-corrected chi connectivity index (χ4v) is 5.68. The topological polar surface area (TPSA) is 109 Å². The highest BCUT2D eigenvalue weighted by molar-refractivity contribution is 6.31. The van der Waals surface area contributed by atoms with Gasteiger partial charge in [0.25, 0.3) is 0 Å². The van der Waals surface area contributed by atoms with E-state index in [1.54, 1.807) is 21.5 Å². The van der Waals surface area contributed by atoms with Crippen LogP contribution in [0.25, 0.3) is 11.2 Å². The Bertz CT molecular complexity index is 1820. The van der Waals surface area contributed by atoms with Crippen molar-refractivity contribution in [1.82, 2.24) is 33.8 Å². The number of carbonyl (C=O) groups is 2. The van der Waals surface area contributed by atoms with Gasteiger partial charge in [-0.15, -0.1) is 5.10 Å². The first-order valence-corrected chi connectivity index (χ1v) is 14.2. The molecule has 210 valence electrons. The number of esters is 1. The molecule has 0 aromatic carbocycles. The van der Waals surface area contributed by atoms with Crippen molar-refractivity contribution in [2.45, 2.75) is 57.4 Å². The summed E-state index contributed by atoms with van der Waals surface area (Å²) in [5.74, 6) is -0.373. The van der Waals surface area contributed by atoms with Crippen molar-refractivity contribution in [3.05, 3.63) is 82.3 Å². The lowest BCUT2D eigenvalue weighted by Gasteiger charge is -2.07. The molecule has 2 saturated carbocycles. The molecule has 0 bridgehead atoms. The van der Waals surface area contributed by atoms with Gasteiger partial charge in [-0.25, -0.2) is 19.0 Å². The molecule has 0 saturated heterocycles. The van der Waals surface area contributed by atoms with Gasteiger partial charge >= 0.3 is 5.97 Å². The van der Waals surface area contributed by atoms with E-state index in [1.807, 2.05) is 17.5 Å². The predicted molar refractivity (Wildman–Crippen MR) is 147 cm³/mol. The number of Topliss-reactive ketones (excluding diaryl/α,β-unsaturated/α-hetero) is 1. The number of nitrogens with zero attached hydrogens (tertiary/aromatic N) is 7. The van der Waals surface area contributed by atoms with Crippen molar-refractivity contribution in [3.63, 3.8) is 0 Å². The van der Waals surface area contributed by atoms with E-state index in [9.17, 15) is 14.0 Å².